The van der Waals surface area contributed by atoms with Gasteiger partial charge in [-0.2, -0.15) is 0 Å². The van der Waals surface area contributed by atoms with E-state index in [1.807, 2.05) is 30.5 Å². The first-order chi connectivity index (χ1) is 15.1. The molecular formula is C25H27N3O3. The van der Waals surface area contributed by atoms with E-state index in [1.54, 1.807) is 12.1 Å². The lowest BCUT2D eigenvalue weighted by Gasteiger charge is -2.28. The van der Waals surface area contributed by atoms with E-state index in [4.69, 9.17) is 9.47 Å². The van der Waals surface area contributed by atoms with E-state index in [1.165, 1.54) is 12.8 Å². The van der Waals surface area contributed by atoms with Crippen LogP contribution >= 0.6 is 0 Å². The Morgan fingerprint density at radius 2 is 1.65 bits per heavy atom. The molecule has 3 aromatic rings. The molecule has 1 aliphatic heterocycles. The second kappa shape index (κ2) is 9.18. The van der Waals surface area contributed by atoms with Crippen molar-refractivity contribution in [3.8, 4) is 5.69 Å². The van der Waals surface area contributed by atoms with Crippen molar-refractivity contribution < 1.29 is 14.3 Å². The second-order valence-electron chi connectivity index (χ2n) is 7.57. The fourth-order valence-corrected chi connectivity index (χ4v) is 3.90. The average Bonchev–Trinajstić information content (AvgIpc) is 3.11. The molecule has 0 saturated carbocycles. The van der Waals surface area contributed by atoms with Crippen LogP contribution < -0.4 is 4.90 Å². The lowest BCUT2D eigenvalue weighted by molar-refractivity contribution is 0.0600. The molecule has 1 aliphatic rings. The number of rotatable bonds is 5. The van der Waals surface area contributed by atoms with Gasteiger partial charge in [-0.1, -0.05) is 0 Å². The summed E-state index contributed by atoms with van der Waals surface area (Å²) in [7, 11) is 1.39. The van der Waals surface area contributed by atoms with Crippen molar-refractivity contribution in [2.75, 3.05) is 38.3 Å². The quantitative estimate of drug-likeness (QED) is 0.454. The largest absolute Gasteiger partial charge is 0.465 e. The standard InChI is InChI=1S/C25H27N3O3/c1-18-16-21(19(2)28(18)24-8-4-20(5-9-24)25(29)30-3)17-26-22-6-10-23(11-7-22)27-12-14-31-15-13-27/h4-11,16-17H,12-15H2,1-3H3. The third-order valence-electron chi connectivity index (χ3n) is 5.60. The molecule has 6 heteroatoms. The van der Waals surface area contributed by atoms with Crippen LogP contribution in [0.4, 0.5) is 11.4 Å². The minimum atomic E-state index is -0.333. The topological polar surface area (TPSA) is 56.1 Å². The molecular weight excluding hydrogens is 390 g/mol. The number of ether oxygens (including phenoxy) is 2. The van der Waals surface area contributed by atoms with Crippen LogP contribution in [0.3, 0.4) is 0 Å². The molecule has 160 valence electrons. The van der Waals surface area contributed by atoms with Crippen molar-refractivity contribution in [1.29, 1.82) is 0 Å². The third kappa shape index (κ3) is 4.54. The molecule has 0 bridgehead atoms. The number of hydrogen-bond donors (Lipinski definition) is 0. The van der Waals surface area contributed by atoms with Gasteiger partial charge in [-0.3, -0.25) is 4.99 Å². The summed E-state index contributed by atoms with van der Waals surface area (Å²) < 4.78 is 12.4. The molecule has 1 aromatic heterocycles. The number of carbonyl (C=O) groups is 1. The number of aryl methyl sites for hydroxylation is 1. The van der Waals surface area contributed by atoms with Gasteiger partial charge in [0.15, 0.2) is 0 Å². The molecule has 4 rings (SSSR count). The summed E-state index contributed by atoms with van der Waals surface area (Å²) in [5.41, 5.74) is 6.92. The summed E-state index contributed by atoms with van der Waals surface area (Å²) in [6.07, 6.45) is 1.91. The monoisotopic (exact) mass is 417 g/mol. The molecule has 0 N–H and O–H groups in total. The number of carbonyl (C=O) groups excluding carboxylic acids is 1. The van der Waals surface area contributed by atoms with Gasteiger partial charge >= 0.3 is 5.97 Å². The van der Waals surface area contributed by atoms with Crippen molar-refractivity contribution in [1.82, 2.24) is 4.57 Å². The fourth-order valence-electron chi connectivity index (χ4n) is 3.90. The lowest BCUT2D eigenvalue weighted by atomic mass is 10.2. The molecule has 0 atom stereocenters. The van der Waals surface area contributed by atoms with Gasteiger partial charge in [0, 0.05) is 47.6 Å². The highest BCUT2D eigenvalue weighted by Crippen LogP contribution is 2.23. The number of hydrogen-bond acceptors (Lipinski definition) is 5. The molecule has 1 fully saturated rings. The third-order valence-corrected chi connectivity index (χ3v) is 5.60. The van der Waals surface area contributed by atoms with Gasteiger partial charge < -0.3 is 18.9 Å². The Morgan fingerprint density at radius 1 is 1.00 bits per heavy atom. The van der Waals surface area contributed by atoms with Gasteiger partial charge in [0.25, 0.3) is 0 Å². The minimum Gasteiger partial charge on any atom is -0.465 e. The van der Waals surface area contributed by atoms with Crippen LogP contribution in [0.1, 0.15) is 27.3 Å². The van der Waals surface area contributed by atoms with E-state index in [-0.39, 0.29) is 5.97 Å². The predicted octanol–water partition coefficient (Wildman–Crippen LogP) is 4.47. The van der Waals surface area contributed by atoms with Crippen molar-refractivity contribution in [2.24, 2.45) is 4.99 Å². The van der Waals surface area contributed by atoms with E-state index in [9.17, 15) is 4.79 Å². The zero-order valence-corrected chi connectivity index (χ0v) is 18.2. The van der Waals surface area contributed by atoms with Crippen LogP contribution in [0.5, 0.6) is 0 Å². The Balaban J connectivity index is 1.52. The van der Waals surface area contributed by atoms with Crippen LogP contribution in [-0.2, 0) is 9.47 Å². The highest BCUT2D eigenvalue weighted by molar-refractivity contribution is 5.89. The Hall–Kier alpha value is -3.38. The smallest absolute Gasteiger partial charge is 0.337 e. The Morgan fingerprint density at radius 3 is 2.29 bits per heavy atom. The zero-order valence-electron chi connectivity index (χ0n) is 18.2. The molecule has 0 amide bonds. The highest BCUT2D eigenvalue weighted by atomic mass is 16.5. The molecule has 2 heterocycles. The van der Waals surface area contributed by atoms with Gasteiger partial charge in [0.2, 0.25) is 0 Å². The van der Waals surface area contributed by atoms with Crippen molar-refractivity contribution in [3.63, 3.8) is 0 Å². The Labute approximate surface area is 182 Å². The first kappa shape index (κ1) is 20.9. The van der Waals surface area contributed by atoms with E-state index >= 15 is 0 Å². The van der Waals surface area contributed by atoms with Crippen LogP contribution in [0.2, 0.25) is 0 Å². The van der Waals surface area contributed by atoms with Gasteiger partial charge in [-0.15, -0.1) is 0 Å². The molecule has 6 nitrogen and oxygen atoms in total. The van der Waals surface area contributed by atoms with Crippen LogP contribution in [0.25, 0.3) is 5.69 Å². The molecule has 2 aromatic carbocycles. The van der Waals surface area contributed by atoms with Gasteiger partial charge in [0.1, 0.15) is 0 Å². The van der Waals surface area contributed by atoms with Gasteiger partial charge in [-0.05, 0) is 68.4 Å². The van der Waals surface area contributed by atoms with Crippen LogP contribution in [0.15, 0.2) is 59.6 Å². The molecule has 31 heavy (non-hydrogen) atoms. The summed E-state index contributed by atoms with van der Waals surface area (Å²) in [5, 5.41) is 0. The SMILES string of the molecule is COC(=O)c1ccc(-n2c(C)cc(C=Nc3ccc(N4CCOCC4)cc3)c2C)cc1. The summed E-state index contributed by atoms with van der Waals surface area (Å²) in [6.45, 7) is 7.55. The Kier molecular flexibility index (Phi) is 6.18. The molecule has 0 unspecified atom stereocenters. The van der Waals surface area contributed by atoms with E-state index in [0.29, 0.717) is 5.56 Å². The summed E-state index contributed by atoms with van der Waals surface area (Å²) in [4.78, 5) is 18.7. The number of anilines is 1. The van der Waals surface area contributed by atoms with Crippen LogP contribution in [0, 0.1) is 13.8 Å². The summed E-state index contributed by atoms with van der Waals surface area (Å²) >= 11 is 0. The number of esters is 1. The van der Waals surface area contributed by atoms with Crippen molar-refractivity contribution in [3.05, 3.63) is 77.1 Å². The molecule has 0 spiro atoms. The highest BCUT2D eigenvalue weighted by Gasteiger charge is 2.12. The zero-order chi connectivity index (χ0) is 21.8. The number of nitrogens with zero attached hydrogens (tertiary/aromatic N) is 3. The maximum atomic E-state index is 11.7. The normalized spacial score (nSPS) is 14.2. The van der Waals surface area contributed by atoms with E-state index in [0.717, 1.165) is 54.6 Å². The van der Waals surface area contributed by atoms with Crippen molar-refractivity contribution in [2.45, 2.75) is 13.8 Å². The second-order valence-corrected chi connectivity index (χ2v) is 7.57. The number of morpholine rings is 1. The van der Waals surface area contributed by atoms with Crippen LogP contribution in [-0.4, -0.2) is 50.2 Å². The summed E-state index contributed by atoms with van der Waals surface area (Å²) in [6, 6.07) is 17.9. The number of aliphatic imine (C=N–C) groups is 1. The lowest BCUT2D eigenvalue weighted by Crippen LogP contribution is -2.36. The average molecular weight is 418 g/mol. The van der Waals surface area contributed by atoms with Gasteiger partial charge in [0.05, 0.1) is 31.6 Å². The molecule has 0 aliphatic carbocycles. The Bertz CT molecular complexity index is 1080. The first-order valence-electron chi connectivity index (χ1n) is 10.4. The molecule has 0 radical (unpaired) electrons. The fraction of sp³-hybridized carbons (Fsp3) is 0.280. The number of benzene rings is 2. The van der Waals surface area contributed by atoms with Gasteiger partial charge in [-0.25, -0.2) is 4.79 Å². The number of aromatic nitrogens is 1. The number of methoxy groups -OCH3 is 1. The minimum absolute atomic E-state index is 0.333. The summed E-state index contributed by atoms with van der Waals surface area (Å²) in [5.74, 6) is -0.333. The predicted molar refractivity (Wildman–Crippen MR) is 123 cm³/mol. The maximum Gasteiger partial charge on any atom is 0.337 e. The van der Waals surface area contributed by atoms with E-state index in [2.05, 4.69) is 46.5 Å². The van der Waals surface area contributed by atoms with Crippen molar-refractivity contribution >= 4 is 23.6 Å². The molecule has 1 saturated heterocycles. The first-order valence-corrected chi connectivity index (χ1v) is 10.4. The maximum absolute atomic E-state index is 11.7. The van der Waals surface area contributed by atoms with E-state index < -0.39 is 0 Å².